The summed E-state index contributed by atoms with van der Waals surface area (Å²) in [6.45, 7) is 4.12. The lowest BCUT2D eigenvalue weighted by atomic mass is 10.0. The van der Waals surface area contributed by atoms with Crippen LogP contribution in [0.5, 0.6) is 5.75 Å². The zero-order chi connectivity index (χ0) is 14.3. The number of rotatable bonds is 2. The molecule has 0 amide bonds. The van der Waals surface area contributed by atoms with Gasteiger partial charge in [0.15, 0.2) is 0 Å². The van der Waals surface area contributed by atoms with E-state index in [0.29, 0.717) is 10.8 Å². The Bertz CT molecular complexity index is 826. The Morgan fingerprint density at radius 2 is 1.90 bits per heavy atom. The van der Waals surface area contributed by atoms with Crippen LogP contribution < -0.4 is 0 Å². The van der Waals surface area contributed by atoms with Crippen LogP contribution in [-0.4, -0.2) is 10.1 Å². The van der Waals surface area contributed by atoms with E-state index in [0.717, 1.165) is 33.8 Å². The van der Waals surface area contributed by atoms with Gasteiger partial charge in [0.2, 0.25) is 0 Å². The number of halogens is 1. The SMILES string of the molecule is CC(C)=CCc1cc2c(cc1O)[nH]c1cc(Cl)ccc12. The number of H-pyrrole nitrogens is 1. The van der Waals surface area contributed by atoms with Gasteiger partial charge in [-0.25, -0.2) is 0 Å². The molecule has 102 valence electrons. The number of aromatic hydroxyl groups is 1. The Balaban J connectivity index is 2.22. The van der Waals surface area contributed by atoms with Crippen LogP contribution >= 0.6 is 11.6 Å². The maximum atomic E-state index is 10.1. The van der Waals surface area contributed by atoms with E-state index in [-0.39, 0.29) is 0 Å². The highest BCUT2D eigenvalue weighted by Crippen LogP contribution is 2.32. The molecule has 0 saturated heterocycles. The number of fused-ring (bicyclic) bond motifs is 3. The molecule has 0 spiro atoms. The summed E-state index contributed by atoms with van der Waals surface area (Å²) in [5.74, 6) is 0.327. The van der Waals surface area contributed by atoms with E-state index in [1.807, 2.05) is 18.2 Å². The molecular weight excluding hydrogens is 270 g/mol. The molecule has 3 heteroatoms. The van der Waals surface area contributed by atoms with E-state index in [2.05, 4.69) is 31.0 Å². The smallest absolute Gasteiger partial charge is 0.121 e. The van der Waals surface area contributed by atoms with E-state index >= 15 is 0 Å². The highest BCUT2D eigenvalue weighted by molar-refractivity contribution is 6.31. The van der Waals surface area contributed by atoms with Gasteiger partial charge in [-0.15, -0.1) is 0 Å². The van der Waals surface area contributed by atoms with Crippen LogP contribution in [0.15, 0.2) is 42.0 Å². The molecule has 2 N–H and O–H groups in total. The van der Waals surface area contributed by atoms with E-state index in [1.54, 1.807) is 6.07 Å². The van der Waals surface area contributed by atoms with Crippen molar-refractivity contribution < 1.29 is 5.11 Å². The monoisotopic (exact) mass is 285 g/mol. The third-order valence-electron chi connectivity index (χ3n) is 3.49. The maximum absolute atomic E-state index is 10.1. The summed E-state index contributed by atoms with van der Waals surface area (Å²) >= 11 is 6.02. The third-order valence-corrected chi connectivity index (χ3v) is 3.73. The zero-order valence-electron chi connectivity index (χ0n) is 11.5. The molecule has 3 aromatic rings. The van der Waals surface area contributed by atoms with Crippen molar-refractivity contribution in [2.45, 2.75) is 20.3 Å². The number of benzene rings is 2. The minimum absolute atomic E-state index is 0.327. The summed E-state index contributed by atoms with van der Waals surface area (Å²) in [6.07, 6.45) is 2.86. The predicted octanol–water partition coefficient (Wildman–Crippen LogP) is 5.19. The van der Waals surface area contributed by atoms with E-state index < -0.39 is 0 Å². The number of phenolic OH excluding ortho intramolecular Hbond substituents is 1. The first-order chi connectivity index (χ1) is 9.54. The standard InChI is InChI=1S/C17H16ClNO/c1-10(2)3-4-11-7-14-13-6-5-12(18)8-15(13)19-16(14)9-17(11)20/h3,5-9,19-20H,4H2,1-2H3. The van der Waals surface area contributed by atoms with Gasteiger partial charge in [0.25, 0.3) is 0 Å². The predicted molar refractivity (Wildman–Crippen MR) is 85.6 cm³/mol. The zero-order valence-corrected chi connectivity index (χ0v) is 12.3. The number of hydrogen-bond donors (Lipinski definition) is 2. The molecule has 3 rings (SSSR count). The Kier molecular flexibility index (Phi) is 3.19. The van der Waals surface area contributed by atoms with Crippen LogP contribution in [0.3, 0.4) is 0 Å². The molecule has 0 aliphatic rings. The molecule has 0 aliphatic carbocycles. The lowest BCUT2D eigenvalue weighted by molar-refractivity contribution is 0.470. The molecule has 20 heavy (non-hydrogen) atoms. The van der Waals surface area contributed by atoms with Crippen LogP contribution in [0, 0.1) is 0 Å². The largest absolute Gasteiger partial charge is 0.508 e. The van der Waals surface area contributed by atoms with Gasteiger partial charge in [0.05, 0.1) is 5.52 Å². The average molecular weight is 286 g/mol. The van der Waals surface area contributed by atoms with Crippen molar-refractivity contribution in [3.63, 3.8) is 0 Å². The molecule has 0 saturated carbocycles. The van der Waals surface area contributed by atoms with Crippen LogP contribution in [0.25, 0.3) is 21.8 Å². The molecule has 0 radical (unpaired) electrons. The fourth-order valence-electron chi connectivity index (χ4n) is 2.44. The van der Waals surface area contributed by atoms with E-state index in [4.69, 9.17) is 11.6 Å². The summed E-state index contributed by atoms with van der Waals surface area (Å²) < 4.78 is 0. The number of hydrogen-bond acceptors (Lipinski definition) is 1. The molecule has 0 unspecified atom stereocenters. The third kappa shape index (κ3) is 2.27. The van der Waals surface area contributed by atoms with Crippen molar-refractivity contribution in [3.05, 3.63) is 52.6 Å². The van der Waals surface area contributed by atoms with Crippen LogP contribution in [-0.2, 0) is 6.42 Å². The molecule has 0 aliphatic heterocycles. The average Bonchev–Trinajstić information content (AvgIpc) is 2.71. The number of phenols is 1. The van der Waals surface area contributed by atoms with Crippen LogP contribution in [0.2, 0.25) is 5.02 Å². The summed E-state index contributed by atoms with van der Waals surface area (Å²) in [5, 5.41) is 13.1. The Morgan fingerprint density at radius 3 is 2.65 bits per heavy atom. The molecule has 2 aromatic carbocycles. The Hall–Kier alpha value is -1.93. The minimum Gasteiger partial charge on any atom is -0.508 e. The Morgan fingerprint density at radius 1 is 1.15 bits per heavy atom. The summed E-state index contributed by atoms with van der Waals surface area (Å²) in [4.78, 5) is 3.29. The second kappa shape index (κ2) is 4.88. The van der Waals surface area contributed by atoms with Crippen molar-refractivity contribution in [2.75, 3.05) is 0 Å². The van der Waals surface area contributed by atoms with E-state index in [1.165, 1.54) is 5.57 Å². The Labute approximate surface area is 122 Å². The van der Waals surface area contributed by atoms with Gasteiger partial charge < -0.3 is 10.1 Å². The number of aromatic nitrogens is 1. The van der Waals surface area contributed by atoms with Gasteiger partial charge in [0, 0.05) is 27.4 Å². The highest BCUT2D eigenvalue weighted by Gasteiger charge is 2.09. The first-order valence-electron chi connectivity index (χ1n) is 6.61. The van der Waals surface area contributed by atoms with Crippen molar-refractivity contribution in [2.24, 2.45) is 0 Å². The fraction of sp³-hybridized carbons (Fsp3) is 0.176. The number of allylic oxidation sites excluding steroid dienone is 2. The first kappa shape index (κ1) is 13.1. The van der Waals surface area contributed by atoms with Crippen LogP contribution in [0.1, 0.15) is 19.4 Å². The second-order valence-electron chi connectivity index (χ2n) is 5.33. The number of aromatic amines is 1. The molecule has 1 aromatic heterocycles. The van der Waals surface area contributed by atoms with Crippen LogP contribution in [0.4, 0.5) is 0 Å². The molecular formula is C17H16ClNO. The minimum atomic E-state index is 0.327. The topological polar surface area (TPSA) is 36.0 Å². The van der Waals surface area contributed by atoms with Gasteiger partial charge in [-0.1, -0.05) is 29.3 Å². The van der Waals surface area contributed by atoms with Gasteiger partial charge in [-0.05, 0) is 44.0 Å². The first-order valence-corrected chi connectivity index (χ1v) is 6.98. The molecule has 2 nitrogen and oxygen atoms in total. The van der Waals surface area contributed by atoms with Gasteiger partial charge in [-0.3, -0.25) is 0 Å². The molecule has 0 fully saturated rings. The highest BCUT2D eigenvalue weighted by atomic mass is 35.5. The molecule has 0 atom stereocenters. The second-order valence-corrected chi connectivity index (χ2v) is 5.76. The summed E-state index contributed by atoms with van der Waals surface area (Å²) in [6, 6.07) is 9.65. The van der Waals surface area contributed by atoms with Gasteiger partial charge in [-0.2, -0.15) is 0 Å². The maximum Gasteiger partial charge on any atom is 0.121 e. The summed E-state index contributed by atoms with van der Waals surface area (Å²) in [7, 11) is 0. The van der Waals surface area contributed by atoms with Crippen molar-refractivity contribution in [1.82, 2.24) is 4.98 Å². The number of nitrogens with one attached hydrogen (secondary N) is 1. The van der Waals surface area contributed by atoms with Crippen molar-refractivity contribution >= 4 is 33.4 Å². The van der Waals surface area contributed by atoms with E-state index in [9.17, 15) is 5.11 Å². The van der Waals surface area contributed by atoms with Gasteiger partial charge >= 0.3 is 0 Å². The van der Waals surface area contributed by atoms with Crippen molar-refractivity contribution in [3.8, 4) is 5.75 Å². The summed E-state index contributed by atoms with van der Waals surface area (Å²) in [5.41, 5.74) is 4.11. The quantitative estimate of drug-likeness (QED) is 0.625. The van der Waals surface area contributed by atoms with Crippen molar-refractivity contribution in [1.29, 1.82) is 0 Å². The lowest BCUT2D eigenvalue weighted by Crippen LogP contribution is -1.84. The van der Waals surface area contributed by atoms with Gasteiger partial charge in [0.1, 0.15) is 5.75 Å². The normalized spacial score (nSPS) is 11.2. The fourth-order valence-corrected chi connectivity index (χ4v) is 2.61. The molecule has 1 heterocycles. The molecule has 0 bridgehead atoms. The lowest BCUT2D eigenvalue weighted by Gasteiger charge is -2.03.